The number of nitrogens with zero attached hydrogens (tertiary/aromatic N) is 4. The molecular formula is C20H22N4O4S. The maximum Gasteiger partial charge on any atom is 0.273 e. The Morgan fingerprint density at radius 3 is 2.66 bits per heavy atom. The predicted molar refractivity (Wildman–Crippen MR) is 110 cm³/mol. The van der Waals surface area contributed by atoms with Crippen molar-refractivity contribution in [2.45, 2.75) is 37.4 Å². The number of para-hydroxylation sites is 1. The predicted octanol–water partition coefficient (Wildman–Crippen LogP) is 4.65. The van der Waals surface area contributed by atoms with E-state index in [1.807, 2.05) is 42.7 Å². The second kappa shape index (κ2) is 9.42. The fourth-order valence-corrected chi connectivity index (χ4v) is 3.90. The number of aromatic nitrogens is 3. The number of hydrogen-bond acceptors (Lipinski definition) is 7. The average Bonchev–Trinajstić information content (AvgIpc) is 3.15. The molecule has 0 saturated heterocycles. The smallest absolute Gasteiger partial charge is 0.273 e. The number of hydrogen-bond donors (Lipinski definition) is 0. The van der Waals surface area contributed by atoms with E-state index in [1.165, 1.54) is 17.8 Å². The Morgan fingerprint density at radius 2 is 1.93 bits per heavy atom. The van der Waals surface area contributed by atoms with Gasteiger partial charge >= 0.3 is 0 Å². The first-order valence-corrected chi connectivity index (χ1v) is 10.1. The van der Waals surface area contributed by atoms with E-state index < -0.39 is 0 Å². The molecular weight excluding hydrogens is 392 g/mol. The van der Waals surface area contributed by atoms with Crippen LogP contribution in [-0.4, -0.2) is 26.8 Å². The van der Waals surface area contributed by atoms with E-state index in [0.717, 1.165) is 0 Å². The molecule has 1 heterocycles. The van der Waals surface area contributed by atoms with Crippen LogP contribution in [-0.2, 0) is 12.3 Å². The normalized spacial score (nSPS) is 11.8. The van der Waals surface area contributed by atoms with Crippen molar-refractivity contribution < 1.29 is 14.4 Å². The summed E-state index contributed by atoms with van der Waals surface area (Å²) in [7, 11) is 1.61. The van der Waals surface area contributed by atoms with Gasteiger partial charge in [-0.25, -0.2) is 0 Å². The molecule has 0 aliphatic carbocycles. The Morgan fingerprint density at radius 1 is 1.17 bits per heavy atom. The van der Waals surface area contributed by atoms with Crippen LogP contribution in [0.5, 0.6) is 11.5 Å². The number of thioether (sulfide) groups is 1. The number of nitro groups is 1. The van der Waals surface area contributed by atoms with Crippen molar-refractivity contribution in [1.29, 1.82) is 0 Å². The summed E-state index contributed by atoms with van der Waals surface area (Å²) < 4.78 is 13.2. The van der Waals surface area contributed by atoms with Gasteiger partial charge in [0.05, 0.1) is 12.0 Å². The number of rotatable bonds is 9. The maximum absolute atomic E-state index is 11.2. The van der Waals surface area contributed by atoms with Crippen LogP contribution in [0, 0.1) is 10.1 Å². The highest BCUT2D eigenvalue weighted by Gasteiger charge is 2.20. The van der Waals surface area contributed by atoms with E-state index >= 15 is 0 Å². The van der Waals surface area contributed by atoms with E-state index in [-0.39, 0.29) is 16.7 Å². The van der Waals surface area contributed by atoms with Gasteiger partial charge in [0.2, 0.25) is 0 Å². The molecule has 152 valence electrons. The molecule has 1 atom stereocenters. The molecule has 3 aromatic rings. The molecule has 0 amide bonds. The Kier molecular flexibility index (Phi) is 6.71. The third-order valence-electron chi connectivity index (χ3n) is 4.32. The van der Waals surface area contributed by atoms with Crippen LogP contribution in [0.25, 0.3) is 0 Å². The fourth-order valence-electron chi connectivity index (χ4n) is 2.89. The summed E-state index contributed by atoms with van der Waals surface area (Å²) in [5.41, 5.74) is 0.757. The summed E-state index contributed by atoms with van der Waals surface area (Å²) in [5, 5.41) is 20.5. The standard InChI is InChI=1S/C20H22N4O4S/c1-4-23-19(14(2)28-17-10-7-9-16(12-17)27-3)21-22-20(23)29-13-15-8-5-6-11-18(15)24(25)26/h5-12,14H,4,13H2,1-3H3. The summed E-state index contributed by atoms with van der Waals surface area (Å²) in [6, 6.07) is 14.1. The van der Waals surface area contributed by atoms with Crippen molar-refractivity contribution in [3.8, 4) is 11.5 Å². The van der Waals surface area contributed by atoms with Gasteiger partial charge in [-0.2, -0.15) is 0 Å². The zero-order valence-electron chi connectivity index (χ0n) is 16.4. The number of nitro benzene ring substituents is 1. The number of ether oxygens (including phenoxy) is 2. The molecule has 0 bridgehead atoms. The van der Waals surface area contributed by atoms with Gasteiger partial charge in [0.1, 0.15) is 11.5 Å². The van der Waals surface area contributed by atoms with Crippen molar-refractivity contribution in [2.75, 3.05) is 7.11 Å². The lowest BCUT2D eigenvalue weighted by Gasteiger charge is -2.16. The molecule has 0 saturated carbocycles. The molecule has 8 nitrogen and oxygen atoms in total. The minimum Gasteiger partial charge on any atom is -0.497 e. The lowest BCUT2D eigenvalue weighted by atomic mass is 10.2. The molecule has 0 fully saturated rings. The molecule has 3 rings (SSSR count). The van der Waals surface area contributed by atoms with E-state index in [2.05, 4.69) is 10.2 Å². The van der Waals surface area contributed by atoms with E-state index in [0.29, 0.717) is 40.3 Å². The van der Waals surface area contributed by atoms with Crippen molar-refractivity contribution in [1.82, 2.24) is 14.8 Å². The van der Waals surface area contributed by atoms with Gasteiger partial charge < -0.3 is 14.0 Å². The fraction of sp³-hybridized carbons (Fsp3) is 0.300. The molecule has 9 heteroatoms. The van der Waals surface area contributed by atoms with Gasteiger partial charge in [-0.05, 0) is 26.0 Å². The summed E-state index contributed by atoms with van der Waals surface area (Å²) in [6.45, 7) is 4.57. The monoisotopic (exact) mass is 414 g/mol. The lowest BCUT2D eigenvalue weighted by molar-refractivity contribution is -0.385. The van der Waals surface area contributed by atoms with Crippen molar-refractivity contribution in [3.63, 3.8) is 0 Å². The molecule has 1 unspecified atom stereocenters. The summed E-state index contributed by atoms with van der Waals surface area (Å²) in [5.74, 6) is 2.52. The minimum atomic E-state index is -0.365. The van der Waals surface area contributed by atoms with Crippen LogP contribution >= 0.6 is 11.8 Å². The van der Waals surface area contributed by atoms with Crippen LogP contribution in [0.1, 0.15) is 31.3 Å². The zero-order chi connectivity index (χ0) is 20.8. The SMILES string of the molecule is CCn1c(SCc2ccccc2[N+](=O)[O-])nnc1C(C)Oc1cccc(OC)c1. The van der Waals surface area contributed by atoms with Gasteiger partial charge in [-0.3, -0.25) is 10.1 Å². The molecule has 29 heavy (non-hydrogen) atoms. The summed E-state index contributed by atoms with van der Waals surface area (Å²) in [6.07, 6.45) is -0.324. The Bertz CT molecular complexity index is 992. The zero-order valence-corrected chi connectivity index (χ0v) is 17.3. The largest absolute Gasteiger partial charge is 0.497 e. The Balaban J connectivity index is 1.75. The van der Waals surface area contributed by atoms with E-state index in [4.69, 9.17) is 9.47 Å². The highest BCUT2D eigenvalue weighted by molar-refractivity contribution is 7.98. The molecule has 1 aromatic heterocycles. The van der Waals surface area contributed by atoms with Crippen LogP contribution in [0.4, 0.5) is 5.69 Å². The van der Waals surface area contributed by atoms with Gasteiger partial charge in [0, 0.05) is 30.0 Å². The second-order valence-corrected chi connectivity index (χ2v) is 7.14. The summed E-state index contributed by atoms with van der Waals surface area (Å²) in [4.78, 5) is 10.8. The van der Waals surface area contributed by atoms with Crippen LogP contribution in [0.3, 0.4) is 0 Å². The Labute approximate surface area is 173 Å². The van der Waals surface area contributed by atoms with Gasteiger partial charge in [0.25, 0.3) is 5.69 Å². The van der Waals surface area contributed by atoms with Gasteiger partial charge in [0.15, 0.2) is 17.1 Å². The maximum atomic E-state index is 11.2. The molecule has 0 aliphatic heterocycles. The van der Waals surface area contributed by atoms with Crippen LogP contribution < -0.4 is 9.47 Å². The Hall–Kier alpha value is -3.07. The highest BCUT2D eigenvalue weighted by atomic mass is 32.2. The van der Waals surface area contributed by atoms with E-state index in [9.17, 15) is 10.1 Å². The molecule has 0 aliphatic rings. The topological polar surface area (TPSA) is 92.3 Å². The number of methoxy groups -OCH3 is 1. The molecule has 2 aromatic carbocycles. The van der Waals surface area contributed by atoms with Gasteiger partial charge in [-0.15, -0.1) is 10.2 Å². The first kappa shape index (κ1) is 20.7. The molecule has 0 N–H and O–H groups in total. The third-order valence-corrected chi connectivity index (χ3v) is 5.34. The van der Waals surface area contributed by atoms with Crippen LogP contribution in [0.2, 0.25) is 0 Å². The molecule has 0 spiro atoms. The number of benzene rings is 2. The molecule has 0 radical (unpaired) electrons. The highest BCUT2D eigenvalue weighted by Crippen LogP contribution is 2.30. The van der Waals surface area contributed by atoms with Crippen LogP contribution in [0.15, 0.2) is 53.7 Å². The second-order valence-electron chi connectivity index (χ2n) is 6.20. The quantitative estimate of drug-likeness (QED) is 0.286. The first-order chi connectivity index (χ1) is 14.0. The van der Waals surface area contributed by atoms with Gasteiger partial charge in [-0.1, -0.05) is 36.0 Å². The van der Waals surface area contributed by atoms with E-state index in [1.54, 1.807) is 25.3 Å². The lowest BCUT2D eigenvalue weighted by Crippen LogP contribution is -2.12. The first-order valence-electron chi connectivity index (χ1n) is 9.12. The third kappa shape index (κ3) is 4.86. The van der Waals surface area contributed by atoms with Crippen molar-refractivity contribution >= 4 is 17.4 Å². The average molecular weight is 414 g/mol. The summed E-state index contributed by atoms with van der Waals surface area (Å²) >= 11 is 1.42. The minimum absolute atomic E-state index is 0.109. The van der Waals surface area contributed by atoms with Crippen molar-refractivity contribution in [3.05, 3.63) is 70.0 Å². The van der Waals surface area contributed by atoms with Crippen molar-refractivity contribution in [2.24, 2.45) is 0 Å².